The lowest BCUT2D eigenvalue weighted by atomic mass is 10.1. The molecule has 1 aromatic rings. The number of carboxylic acids is 1. The number of carbonyl (C=O) groups is 1. The molecule has 0 saturated carbocycles. The summed E-state index contributed by atoms with van der Waals surface area (Å²) in [4.78, 5) is 11.5. The van der Waals surface area contributed by atoms with Crippen LogP contribution in [0.2, 0.25) is 0 Å². The summed E-state index contributed by atoms with van der Waals surface area (Å²) >= 11 is 0. The Hall–Kier alpha value is -1.16. The number of benzene rings is 1. The molecule has 0 radical (unpaired) electrons. The molecule has 4 heteroatoms. The van der Waals surface area contributed by atoms with Crippen molar-refractivity contribution in [3.05, 3.63) is 29.3 Å². The molecule has 1 aromatic carbocycles. The summed E-state index contributed by atoms with van der Waals surface area (Å²) in [5.74, 6) is -0.0846. The predicted molar refractivity (Wildman–Crippen MR) is 64.3 cm³/mol. The minimum absolute atomic E-state index is 0.231. The summed E-state index contributed by atoms with van der Waals surface area (Å²) in [6.07, 6.45) is 0. The van der Waals surface area contributed by atoms with Gasteiger partial charge in [-0.2, -0.15) is 0 Å². The zero-order valence-corrected chi connectivity index (χ0v) is 10.5. The van der Waals surface area contributed by atoms with Gasteiger partial charge >= 0.3 is 5.97 Å². The number of hydrogen-bond acceptors (Lipinski definition) is 2. The standard InChI is InChI=1S/C12H16O3S/c1-8(2)7-16(15)10-5-4-9(3)11(6-10)12(13)14/h4-6,8H,7H2,1-3H3,(H,13,14). The van der Waals surface area contributed by atoms with Crippen LogP contribution in [-0.2, 0) is 10.8 Å². The molecule has 0 heterocycles. The van der Waals surface area contributed by atoms with Gasteiger partial charge in [0.1, 0.15) is 0 Å². The van der Waals surface area contributed by atoms with Crippen molar-refractivity contribution < 1.29 is 14.1 Å². The van der Waals surface area contributed by atoms with Crippen molar-refractivity contribution >= 4 is 16.8 Å². The highest BCUT2D eigenvalue weighted by atomic mass is 32.2. The maximum absolute atomic E-state index is 11.9. The Kier molecular flexibility index (Phi) is 4.24. The maximum Gasteiger partial charge on any atom is 0.335 e. The SMILES string of the molecule is Cc1ccc(S(=O)CC(C)C)cc1C(=O)O. The fraction of sp³-hybridized carbons (Fsp3) is 0.417. The van der Waals surface area contributed by atoms with Gasteiger partial charge in [0.15, 0.2) is 0 Å². The molecule has 0 spiro atoms. The molecule has 88 valence electrons. The summed E-state index contributed by atoms with van der Waals surface area (Å²) in [6, 6.07) is 4.95. The Bertz CT molecular complexity index is 424. The van der Waals surface area contributed by atoms with E-state index >= 15 is 0 Å². The fourth-order valence-corrected chi connectivity index (χ4v) is 2.64. The summed E-state index contributed by atoms with van der Waals surface area (Å²) < 4.78 is 11.9. The summed E-state index contributed by atoms with van der Waals surface area (Å²) in [5, 5.41) is 8.95. The number of hydrogen-bond donors (Lipinski definition) is 1. The van der Waals surface area contributed by atoms with E-state index in [1.807, 2.05) is 13.8 Å². The minimum atomic E-state index is -1.11. The van der Waals surface area contributed by atoms with E-state index in [0.29, 0.717) is 22.1 Å². The molecule has 0 fully saturated rings. The third-order valence-corrected chi connectivity index (χ3v) is 3.94. The first-order valence-corrected chi connectivity index (χ1v) is 6.46. The van der Waals surface area contributed by atoms with Gasteiger partial charge in [0, 0.05) is 10.6 Å². The minimum Gasteiger partial charge on any atom is -0.478 e. The van der Waals surface area contributed by atoms with Crippen molar-refractivity contribution in [2.75, 3.05) is 5.75 Å². The van der Waals surface area contributed by atoms with Gasteiger partial charge in [-0.05, 0) is 30.5 Å². The van der Waals surface area contributed by atoms with Crippen LogP contribution < -0.4 is 0 Å². The van der Waals surface area contributed by atoms with Gasteiger partial charge < -0.3 is 5.11 Å². The molecule has 16 heavy (non-hydrogen) atoms. The third kappa shape index (κ3) is 3.17. The van der Waals surface area contributed by atoms with E-state index in [1.54, 1.807) is 19.1 Å². The van der Waals surface area contributed by atoms with E-state index in [9.17, 15) is 9.00 Å². The highest BCUT2D eigenvalue weighted by molar-refractivity contribution is 7.85. The van der Waals surface area contributed by atoms with Crippen LogP contribution >= 0.6 is 0 Å². The zero-order chi connectivity index (χ0) is 12.3. The van der Waals surface area contributed by atoms with Crippen molar-refractivity contribution in [3.8, 4) is 0 Å². The number of aryl methyl sites for hydroxylation is 1. The lowest BCUT2D eigenvalue weighted by Crippen LogP contribution is -2.07. The lowest BCUT2D eigenvalue weighted by molar-refractivity contribution is 0.0696. The Morgan fingerprint density at radius 1 is 1.44 bits per heavy atom. The first-order chi connectivity index (χ1) is 7.41. The summed E-state index contributed by atoms with van der Waals surface area (Å²) in [7, 11) is -1.11. The molecule has 0 aliphatic rings. The van der Waals surface area contributed by atoms with Gasteiger partial charge in [-0.3, -0.25) is 4.21 Å². The summed E-state index contributed by atoms with van der Waals surface area (Å²) in [5.41, 5.74) is 0.924. The quantitative estimate of drug-likeness (QED) is 0.879. The van der Waals surface area contributed by atoms with Gasteiger partial charge in [-0.25, -0.2) is 4.79 Å². The van der Waals surface area contributed by atoms with E-state index in [-0.39, 0.29) is 5.56 Å². The molecule has 0 aliphatic heterocycles. The van der Waals surface area contributed by atoms with Crippen LogP contribution in [0.15, 0.2) is 23.1 Å². The van der Waals surface area contributed by atoms with Crippen molar-refractivity contribution in [1.29, 1.82) is 0 Å². The van der Waals surface area contributed by atoms with Crippen molar-refractivity contribution in [1.82, 2.24) is 0 Å². The van der Waals surface area contributed by atoms with Crippen LogP contribution in [0, 0.1) is 12.8 Å². The van der Waals surface area contributed by atoms with Crippen molar-refractivity contribution in [3.63, 3.8) is 0 Å². The molecular formula is C12H16O3S. The Morgan fingerprint density at radius 3 is 2.56 bits per heavy atom. The van der Waals surface area contributed by atoms with Gasteiger partial charge in [0.05, 0.1) is 16.4 Å². The molecule has 0 aromatic heterocycles. The molecule has 0 saturated heterocycles. The van der Waals surface area contributed by atoms with Crippen molar-refractivity contribution in [2.45, 2.75) is 25.7 Å². The maximum atomic E-state index is 11.9. The van der Waals surface area contributed by atoms with Crippen LogP contribution in [0.5, 0.6) is 0 Å². The van der Waals surface area contributed by atoms with E-state index < -0.39 is 16.8 Å². The fourth-order valence-electron chi connectivity index (χ4n) is 1.37. The average molecular weight is 240 g/mol. The van der Waals surface area contributed by atoms with Gasteiger partial charge in [0.2, 0.25) is 0 Å². The molecule has 1 atom stereocenters. The highest BCUT2D eigenvalue weighted by Crippen LogP contribution is 2.16. The first-order valence-electron chi connectivity index (χ1n) is 5.14. The molecule has 1 N–H and O–H groups in total. The smallest absolute Gasteiger partial charge is 0.335 e. The normalized spacial score (nSPS) is 12.8. The molecule has 1 unspecified atom stereocenters. The van der Waals surface area contributed by atoms with Gasteiger partial charge in [-0.15, -0.1) is 0 Å². The molecule has 0 amide bonds. The molecule has 1 rings (SSSR count). The van der Waals surface area contributed by atoms with E-state index in [0.717, 1.165) is 0 Å². The third-order valence-electron chi connectivity index (χ3n) is 2.19. The molecule has 3 nitrogen and oxygen atoms in total. The predicted octanol–water partition coefficient (Wildman–Crippen LogP) is 2.46. The monoisotopic (exact) mass is 240 g/mol. The number of aromatic carboxylic acids is 1. The van der Waals surface area contributed by atoms with E-state index in [2.05, 4.69) is 0 Å². The summed E-state index contributed by atoms with van der Waals surface area (Å²) in [6.45, 7) is 5.72. The largest absolute Gasteiger partial charge is 0.478 e. The highest BCUT2D eigenvalue weighted by Gasteiger charge is 2.12. The molecule has 0 aliphatic carbocycles. The second-order valence-corrected chi connectivity index (χ2v) is 5.68. The molecule has 0 bridgehead atoms. The second kappa shape index (κ2) is 5.25. The average Bonchev–Trinajstić information content (AvgIpc) is 2.16. The Morgan fingerprint density at radius 2 is 2.06 bits per heavy atom. The van der Waals surface area contributed by atoms with Crippen LogP contribution in [0.25, 0.3) is 0 Å². The number of carboxylic acid groups (broad SMARTS) is 1. The number of rotatable bonds is 4. The first kappa shape index (κ1) is 12.9. The second-order valence-electron chi connectivity index (χ2n) is 4.19. The van der Waals surface area contributed by atoms with Crippen LogP contribution in [0.4, 0.5) is 0 Å². The van der Waals surface area contributed by atoms with Crippen LogP contribution in [0.3, 0.4) is 0 Å². The topological polar surface area (TPSA) is 54.4 Å². The van der Waals surface area contributed by atoms with Gasteiger partial charge in [-0.1, -0.05) is 19.9 Å². The molecular weight excluding hydrogens is 224 g/mol. The van der Waals surface area contributed by atoms with E-state index in [1.165, 1.54) is 6.07 Å². The zero-order valence-electron chi connectivity index (χ0n) is 9.69. The van der Waals surface area contributed by atoms with Gasteiger partial charge in [0.25, 0.3) is 0 Å². The Labute approximate surface area is 98.0 Å². The van der Waals surface area contributed by atoms with Crippen LogP contribution in [0.1, 0.15) is 29.8 Å². The van der Waals surface area contributed by atoms with Crippen molar-refractivity contribution in [2.24, 2.45) is 5.92 Å². The Balaban J connectivity index is 3.03. The van der Waals surface area contributed by atoms with E-state index in [4.69, 9.17) is 5.11 Å². The lowest BCUT2D eigenvalue weighted by Gasteiger charge is -2.07. The van der Waals surface area contributed by atoms with Crippen LogP contribution in [-0.4, -0.2) is 21.0 Å².